The summed E-state index contributed by atoms with van der Waals surface area (Å²) in [7, 11) is -3.59. The highest BCUT2D eigenvalue weighted by molar-refractivity contribution is 7.89. The molecular weight excluding hydrogens is 350 g/mol. The molecule has 0 bridgehead atoms. The third-order valence-electron chi connectivity index (χ3n) is 4.55. The number of sulfonamides is 1. The number of carbonyl (C=O) groups is 1. The average molecular weight is 373 g/mol. The van der Waals surface area contributed by atoms with Gasteiger partial charge in [-0.1, -0.05) is 23.8 Å². The average Bonchev–Trinajstić information content (AvgIpc) is 2.62. The number of aromatic nitrogens is 1. The van der Waals surface area contributed by atoms with Gasteiger partial charge in [-0.2, -0.15) is 4.31 Å². The van der Waals surface area contributed by atoms with E-state index in [9.17, 15) is 13.2 Å². The summed E-state index contributed by atoms with van der Waals surface area (Å²) < 4.78 is 27.1. The molecule has 1 aromatic heterocycles. The zero-order valence-electron chi connectivity index (χ0n) is 15.0. The Labute approximate surface area is 154 Å². The van der Waals surface area contributed by atoms with Gasteiger partial charge in [0.2, 0.25) is 15.9 Å². The highest BCUT2D eigenvalue weighted by Gasteiger charge is 2.33. The van der Waals surface area contributed by atoms with Gasteiger partial charge >= 0.3 is 0 Å². The lowest BCUT2D eigenvalue weighted by Crippen LogP contribution is -2.43. The number of nitrogens with one attached hydrogen (secondary N) is 1. The van der Waals surface area contributed by atoms with Gasteiger partial charge in [0.05, 0.1) is 10.8 Å². The summed E-state index contributed by atoms with van der Waals surface area (Å²) in [4.78, 5) is 17.1. The van der Waals surface area contributed by atoms with E-state index in [1.165, 1.54) is 4.31 Å². The van der Waals surface area contributed by atoms with Gasteiger partial charge in [-0.25, -0.2) is 13.4 Å². The van der Waals surface area contributed by atoms with Gasteiger partial charge in [-0.05, 0) is 51.0 Å². The van der Waals surface area contributed by atoms with Crippen LogP contribution in [0.3, 0.4) is 0 Å². The minimum atomic E-state index is -3.59. The van der Waals surface area contributed by atoms with Crippen LogP contribution in [0.4, 0.5) is 5.82 Å². The summed E-state index contributed by atoms with van der Waals surface area (Å²) in [5, 5.41) is 2.80. The Morgan fingerprint density at radius 2 is 1.88 bits per heavy atom. The molecular formula is C19H23N3O3S. The molecule has 1 aromatic carbocycles. The maximum absolute atomic E-state index is 12.9. The summed E-state index contributed by atoms with van der Waals surface area (Å²) in [6, 6.07) is 12.2. The largest absolute Gasteiger partial charge is 0.310 e. The smallest absolute Gasteiger partial charge is 0.243 e. The molecule has 0 spiro atoms. The summed E-state index contributed by atoms with van der Waals surface area (Å²) in [6.07, 6.45) is 1.32. The van der Waals surface area contributed by atoms with Crippen LogP contribution in [0.1, 0.15) is 24.1 Å². The Bertz CT molecular complexity index is 895. The fraction of sp³-hybridized carbons (Fsp3) is 0.368. The van der Waals surface area contributed by atoms with Crippen LogP contribution in [0, 0.1) is 19.8 Å². The molecule has 1 N–H and O–H groups in total. The van der Waals surface area contributed by atoms with Gasteiger partial charge in [0.1, 0.15) is 5.82 Å². The Kier molecular flexibility index (Phi) is 5.38. The normalized spacial score (nSPS) is 18.5. The second kappa shape index (κ2) is 7.55. The van der Waals surface area contributed by atoms with Gasteiger partial charge in [0, 0.05) is 18.8 Å². The number of hydrogen-bond acceptors (Lipinski definition) is 4. The highest BCUT2D eigenvalue weighted by atomic mass is 32.2. The number of hydrogen-bond donors (Lipinski definition) is 1. The van der Waals surface area contributed by atoms with Crippen molar-refractivity contribution in [2.75, 3.05) is 18.4 Å². The van der Waals surface area contributed by atoms with Crippen molar-refractivity contribution in [3.8, 4) is 0 Å². The molecule has 7 heteroatoms. The van der Waals surface area contributed by atoms with E-state index in [1.54, 1.807) is 30.3 Å². The maximum atomic E-state index is 12.9. The van der Waals surface area contributed by atoms with Crippen molar-refractivity contribution < 1.29 is 13.2 Å². The molecule has 6 nitrogen and oxygen atoms in total. The predicted octanol–water partition coefficient (Wildman–Crippen LogP) is 2.74. The van der Waals surface area contributed by atoms with E-state index in [0.717, 1.165) is 11.3 Å². The quantitative estimate of drug-likeness (QED) is 0.894. The minimum Gasteiger partial charge on any atom is -0.310 e. The molecule has 1 aliphatic rings. The number of benzene rings is 1. The molecule has 0 radical (unpaired) electrons. The second-order valence-corrected chi connectivity index (χ2v) is 8.61. The van der Waals surface area contributed by atoms with Gasteiger partial charge in [0.15, 0.2) is 0 Å². The van der Waals surface area contributed by atoms with Crippen LogP contribution >= 0.6 is 0 Å². The molecule has 1 aliphatic heterocycles. The SMILES string of the molecule is Cc1ccc(S(=O)(=O)N2CCC[C@@H](C(=O)Nc3cccc(C)n3)C2)cc1. The van der Waals surface area contributed by atoms with Crippen molar-refractivity contribution in [1.29, 1.82) is 0 Å². The van der Waals surface area contributed by atoms with Crippen LogP contribution in [0.2, 0.25) is 0 Å². The lowest BCUT2D eigenvalue weighted by atomic mass is 9.99. The summed E-state index contributed by atoms with van der Waals surface area (Å²) in [5.41, 5.74) is 1.82. The van der Waals surface area contributed by atoms with Crippen LogP contribution < -0.4 is 5.32 Å². The fourth-order valence-electron chi connectivity index (χ4n) is 3.07. The number of rotatable bonds is 4. The van der Waals surface area contributed by atoms with Gasteiger partial charge in [0.25, 0.3) is 0 Å². The Hall–Kier alpha value is -2.25. The number of carbonyl (C=O) groups excluding carboxylic acids is 1. The number of aryl methyl sites for hydroxylation is 2. The topological polar surface area (TPSA) is 79.4 Å². The Balaban J connectivity index is 1.72. The minimum absolute atomic E-state index is 0.188. The molecule has 2 heterocycles. The van der Waals surface area contributed by atoms with E-state index in [-0.39, 0.29) is 23.3 Å². The molecule has 138 valence electrons. The number of amides is 1. The molecule has 1 amide bonds. The summed E-state index contributed by atoms with van der Waals surface area (Å²) in [6.45, 7) is 4.39. The van der Waals surface area contributed by atoms with Crippen molar-refractivity contribution in [3.05, 3.63) is 53.7 Å². The van der Waals surface area contributed by atoms with E-state index in [4.69, 9.17) is 0 Å². The lowest BCUT2D eigenvalue weighted by Gasteiger charge is -2.31. The number of anilines is 1. The van der Waals surface area contributed by atoms with Crippen LogP contribution in [-0.2, 0) is 14.8 Å². The lowest BCUT2D eigenvalue weighted by molar-refractivity contribution is -0.120. The molecule has 3 rings (SSSR count). The first-order chi connectivity index (χ1) is 12.4. The van der Waals surface area contributed by atoms with Gasteiger partial charge in [-0.15, -0.1) is 0 Å². The predicted molar refractivity (Wildman–Crippen MR) is 100 cm³/mol. The van der Waals surface area contributed by atoms with Crippen molar-refractivity contribution in [1.82, 2.24) is 9.29 Å². The molecule has 0 saturated carbocycles. The van der Waals surface area contributed by atoms with Crippen molar-refractivity contribution >= 4 is 21.7 Å². The second-order valence-electron chi connectivity index (χ2n) is 6.67. The molecule has 1 atom stereocenters. The van der Waals surface area contributed by atoms with Crippen LogP contribution in [0.5, 0.6) is 0 Å². The van der Waals surface area contributed by atoms with Crippen molar-refractivity contribution in [2.24, 2.45) is 5.92 Å². The first kappa shape index (κ1) is 18.5. The van der Waals surface area contributed by atoms with E-state index in [2.05, 4.69) is 10.3 Å². The Morgan fingerprint density at radius 3 is 2.58 bits per heavy atom. The molecule has 1 saturated heterocycles. The van der Waals surface area contributed by atoms with Gasteiger partial charge < -0.3 is 5.32 Å². The van der Waals surface area contributed by atoms with Crippen molar-refractivity contribution in [3.63, 3.8) is 0 Å². The van der Waals surface area contributed by atoms with Crippen LogP contribution in [-0.4, -0.2) is 36.7 Å². The van der Waals surface area contributed by atoms with E-state index >= 15 is 0 Å². The number of piperidine rings is 1. The molecule has 1 fully saturated rings. The summed E-state index contributed by atoms with van der Waals surface area (Å²) in [5.74, 6) is -0.0771. The maximum Gasteiger partial charge on any atom is 0.243 e. The first-order valence-electron chi connectivity index (χ1n) is 8.67. The Morgan fingerprint density at radius 1 is 1.15 bits per heavy atom. The third-order valence-corrected chi connectivity index (χ3v) is 6.43. The van der Waals surface area contributed by atoms with E-state index in [0.29, 0.717) is 25.2 Å². The zero-order chi connectivity index (χ0) is 18.7. The summed E-state index contributed by atoms with van der Waals surface area (Å²) >= 11 is 0. The molecule has 0 unspecified atom stereocenters. The van der Waals surface area contributed by atoms with Crippen LogP contribution in [0.25, 0.3) is 0 Å². The van der Waals surface area contributed by atoms with E-state index in [1.807, 2.05) is 26.0 Å². The molecule has 2 aromatic rings. The molecule has 26 heavy (non-hydrogen) atoms. The van der Waals surface area contributed by atoms with Crippen molar-refractivity contribution in [2.45, 2.75) is 31.6 Å². The zero-order valence-corrected chi connectivity index (χ0v) is 15.8. The fourth-order valence-corrected chi connectivity index (χ4v) is 4.60. The monoisotopic (exact) mass is 373 g/mol. The third kappa shape index (κ3) is 4.11. The highest BCUT2D eigenvalue weighted by Crippen LogP contribution is 2.25. The first-order valence-corrected chi connectivity index (χ1v) is 10.1. The standard InChI is InChI=1S/C19H23N3O3S/c1-14-8-10-17(11-9-14)26(24,25)22-12-4-6-16(13-22)19(23)21-18-7-3-5-15(2)20-18/h3,5,7-11,16H,4,6,12-13H2,1-2H3,(H,20,21,23)/t16-/m1/s1. The number of pyridine rings is 1. The number of nitrogens with zero attached hydrogens (tertiary/aromatic N) is 2. The van der Waals surface area contributed by atoms with Crippen LogP contribution in [0.15, 0.2) is 47.4 Å². The van der Waals surface area contributed by atoms with Gasteiger partial charge in [-0.3, -0.25) is 4.79 Å². The molecule has 0 aliphatic carbocycles. The van der Waals surface area contributed by atoms with E-state index < -0.39 is 10.0 Å².